The van der Waals surface area contributed by atoms with Crippen LogP contribution in [-0.4, -0.2) is 10.2 Å². The van der Waals surface area contributed by atoms with Gasteiger partial charge in [-0.15, -0.1) is 11.3 Å². The molecular weight excluding hydrogens is 170 g/mol. The van der Waals surface area contributed by atoms with Crippen molar-refractivity contribution in [3.63, 3.8) is 0 Å². The van der Waals surface area contributed by atoms with Gasteiger partial charge in [0.05, 0.1) is 15.9 Å². The summed E-state index contributed by atoms with van der Waals surface area (Å²) in [5, 5.41) is 9.15. The number of nitrogens with zero attached hydrogens (tertiary/aromatic N) is 1. The van der Waals surface area contributed by atoms with Gasteiger partial charge in [-0.05, 0) is 25.3 Å². The van der Waals surface area contributed by atoms with Gasteiger partial charge in [0.25, 0.3) is 0 Å². The van der Waals surface area contributed by atoms with Crippen molar-refractivity contribution in [3.05, 3.63) is 17.1 Å². The molecule has 0 amide bonds. The first-order valence-corrected chi connectivity index (χ1v) is 4.68. The highest BCUT2D eigenvalue weighted by molar-refractivity contribution is 7.17. The molecule has 0 aromatic carbocycles. The van der Waals surface area contributed by atoms with Crippen LogP contribution in [0.15, 0.2) is 11.4 Å². The lowest BCUT2D eigenvalue weighted by molar-refractivity contribution is 0.538. The predicted octanol–water partition coefficient (Wildman–Crippen LogP) is 1.82. The number of hydrogen-bond donors (Lipinski definition) is 2. The fourth-order valence-corrected chi connectivity index (χ4v) is 2.18. The summed E-state index contributed by atoms with van der Waals surface area (Å²) in [5.74, 6) is 0. The van der Waals surface area contributed by atoms with Crippen LogP contribution in [0.1, 0.15) is 19.5 Å². The summed E-state index contributed by atoms with van der Waals surface area (Å²) in [7, 11) is 0. The molecule has 0 aliphatic carbocycles. The summed E-state index contributed by atoms with van der Waals surface area (Å²) >= 11 is 1.67. The SMILES string of the molecule is CC(C)(N)c1[nH]nc2ccsc12. The lowest BCUT2D eigenvalue weighted by atomic mass is 10.0. The van der Waals surface area contributed by atoms with E-state index in [4.69, 9.17) is 5.73 Å². The molecule has 3 N–H and O–H groups in total. The Morgan fingerprint density at radius 1 is 1.58 bits per heavy atom. The van der Waals surface area contributed by atoms with Gasteiger partial charge in [-0.25, -0.2) is 0 Å². The third-order valence-electron chi connectivity index (χ3n) is 1.80. The Labute approximate surface area is 74.6 Å². The second kappa shape index (κ2) is 2.31. The number of hydrogen-bond acceptors (Lipinski definition) is 3. The van der Waals surface area contributed by atoms with Gasteiger partial charge < -0.3 is 5.73 Å². The first-order chi connectivity index (χ1) is 5.59. The number of aromatic amines is 1. The molecule has 0 fully saturated rings. The minimum atomic E-state index is -0.334. The van der Waals surface area contributed by atoms with E-state index in [1.807, 2.05) is 25.3 Å². The normalized spacial score (nSPS) is 12.6. The summed E-state index contributed by atoms with van der Waals surface area (Å²) in [6.45, 7) is 3.94. The molecule has 0 spiro atoms. The average Bonchev–Trinajstić information content (AvgIpc) is 2.37. The zero-order valence-corrected chi connectivity index (χ0v) is 7.90. The highest BCUT2D eigenvalue weighted by atomic mass is 32.1. The van der Waals surface area contributed by atoms with E-state index < -0.39 is 0 Å². The van der Waals surface area contributed by atoms with E-state index in [-0.39, 0.29) is 5.54 Å². The van der Waals surface area contributed by atoms with Gasteiger partial charge in [-0.1, -0.05) is 0 Å². The third-order valence-corrected chi connectivity index (χ3v) is 2.73. The van der Waals surface area contributed by atoms with Crippen LogP contribution in [-0.2, 0) is 5.54 Å². The van der Waals surface area contributed by atoms with Crippen LogP contribution in [0.4, 0.5) is 0 Å². The molecule has 4 heteroatoms. The summed E-state index contributed by atoms with van der Waals surface area (Å²) in [6, 6.07) is 1.99. The van der Waals surface area contributed by atoms with E-state index in [1.54, 1.807) is 11.3 Å². The number of nitrogens with two attached hydrogens (primary N) is 1. The minimum Gasteiger partial charge on any atom is -0.321 e. The van der Waals surface area contributed by atoms with E-state index in [0.717, 1.165) is 11.2 Å². The Balaban J connectivity index is 2.69. The molecule has 0 saturated carbocycles. The van der Waals surface area contributed by atoms with Crippen LogP contribution in [0.2, 0.25) is 0 Å². The van der Waals surface area contributed by atoms with Gasteiger partial charge in [-0.3, -0.25) is 5.10 Å². The lowest BCUT2D eigenvalue weighted by Crippen LogP contribution is -2.29. The van der Waals surface area contributed by atoms with Gasteiger partial charge >= 0.3 is 0 Å². The monoisotopic (exact) mass is 181 g/mol. The van der Waals surface area contributed by atoms with Crippen LogP contribution < -0.4 is 5.73 Å². The summed E-state index contributed by atoms with van der Waals surface area (Å²) in [6.07, 6.45) is 0. The largest absolute Gasteiger partial charge is 0.321 e. The van der Waals surface area contributed by atoms with Crippen LogP contribution in [0.5, 0.6) is 0 Å². The van der Waals surface area contributed by atoms with Gasteiger partial charge in [0.1, 0.15) is 5.52 Å². The van der Waals surface area contributed by atoms with Crippen molar-refractivity contribution < 1.29 is 0 Å². The van der Waals surface area contributed by atoms with Gasteiger partial charge in [0.15, 0.2) is 0 Å². The van der Waals surface area contributed by atoms with Crippen molar-refractivity contribution in [2.75, 3.05) is 0 Å². The van der Waals surface area contributed by atoms with Crippen molar-refractivity contribution in [2.45, 2.75) is 19.4 Å². The maximum absolute atomic E-state index is 5.96. The van der Waals surface area contributed by atoms with Gasteiger partial charge in [-0.2, -0.15) is 5.10 Å². The number of thiophene rings is 1. The Bertz CT molecular complexity index is 394. The Morgan fingerprint density at radius 2 is 2.33 bits per heavy atom. The van der Waals surface area contributed by atoms with E-state index in [9.17, 15) is 0 Å². The van der Waals surface area contributed by atoms with Crippen molar-refractivity contribution in [3.8, 4) is 0 Å². The van der Waals surface area contributed by atoms with Gasteiger partial charge in [0.2, 0.25) is 0 Å². The van der Waals surface area contributed by atoms with Crippen LogP contribution in [0.25, 0.3) is 10.2 Å². The number of rotatable bonds is 1. The zero-order valence-electron chi connectivity index (χ0n) is 7.09. The van der Waals surface area contributed by atoms with Crippen molar-refractivity contribution in [1.82, 2.24) is 10.2 Å². The maximum atomic E-state index is 5.96. The first kappa shape index (κ1) is 7.76. The van der Waals surface area contributed by atoms with Gasteiger partial charge in [0, 0.05) is 0 Å². The Morgan fingerprint density at radius 3 is 3.00 bits per heavy atom. The zero-order chi connectivity index (χ0) is 8.77. The highest BCUT2D eigenvalue weighted by Gasteiger charge is 2.20. The topological polar surface area (TPSA) is 54.7 Å². The molecule has 0 unspecified atom stereocenters. The maximum Gasteiger partial charge on any atom is 0.103 e. The number of fused-ring (bicyclic) bond motifs is 1. The highest BCUT2D eigenvalue weighted by Crippen LogP contribution is 2.28. The molecule has 0 aliphatic rings. The molecule has 0 atom stereocenters. The van der Waals surface area contributed by atoms with E-state index >= 15 is 0 Å². The molecule has 2 heterocycles. The molecule has 2 rings (SSSR count). The molecule has 12 heavy (non-hydrogen) atoms. The van der Waals surface area contributed by atoms with Crippen LogP contribution >= 0.6 is 11.3 Å². The van der Waals surface area contributed by atoms with Crippen molar-refractivity contribution in [1.29, 1.82) is 0 Å². The first-order valence-electron chi connectivity index (χ1n) is 3.80. The lowest BCUT2D eigenvalue weighted by Gasteiger charge is -2.15. The third kappa shape index (κ3) is 1.04. The standard InChI is InChI=1S/C8H11N3S/c1-8(2,9)7-6-5(10-11-7)3-4-12-6/h3-4H,9H2,1-2H3,(H,10,11). The van der Waals surface area contributed by atoms with Crippen LogP contribution in [0.3, 0.4) is 0 Å². The fourth-order valence-electron chi connectivity index (χ4n) is 1.18. The quantitative estimate of drug-likeness (QED) is 0.705. The van der Waals surface area contributed by atoms with E-state index in [2.05, 4.69) is 10.2 Å². The molecule has 0 saturated heterocycles. The molecule has 0 radical (unpaired) electrons. The summed E-state index contributed by atoms with van der Waals surface area (Å²) in [4.78, 5) is 0. The molecular formula is C8H11N3S. The molecule has 3 nitrogen and oxygen atoms in total. The van der Waals surface area contributed by atoms with E-state index in [0.29, 0.717) is 0 Å². The summed E-state index contributed by atoms with van der Waals surface area (Å²) in [5.41, 5.74) is 7.66. The number of H-pyrrole nitrogens is 1. The number of aromatic nitrogens is 2. The summed E-state index contributed by atoms with van der Waals surface area (Å²) < 4.78 is 1.17. The molecule has 64 valence electrons. The smallest absolute Gasteiger partial charge is 0.103 e. The Kier molecular flexibility index (Phi) is 1.49. The molecule has 2 aromatic heterocycles. The second-order valence-corrected chi connectivity index (χ2v) is 4.37. The van der Waals surface area contributed by atoms with Crippen molar-refractivity contribution in [2.24, 2.45) is 5.73 Å². The van der Waals surface area contributed by atoms with E-state index in [1.165, 1.54) is 4.70 Å². The Hall–Kier alpha value is -0.870. The minimum absolute atomic E-state index is 0.334. The molecule has 0 bridgehead atoms. The van der Waals surface area contributed by atoms with Crippen LogP contribution in [0, 0.1) is 0 Å². The molecule has 2 aromatic rings. The fraction of sp³-hybridized carbons (Fsp3) is 0.375. The number of nitrogens with one attached hydrogen (secondary N) is 1. The predicted molar refractivity (Wildman–Crippen MR) is 51.2 cm³/mol. The second-order valence-electron chi connectivity index (χ2n) is 3.46. The molecule has 0 aliphatic heterocycles. The van der Waals surface area contributed by atoms with Crippen molar-refractivity contribution >= 4 is 21.6 Å². The average molecular weight is 181 g/mol.